The average Bonchev–Trinajstić information content (AvgIpc) is 2.84. The van der Waals surface area contributed by atoms with E-state index in [1.165, 1.54) is 11.3 Å². The number of piperidine rings is 1. The third kappa shape index (κ3) is 2.47. The summed E-state index contributed by atoms with van der Waals surface area (Å²) in [5.41, 5.74) is -0.642. The maximum atomic E-state index is 12.7. The highest BCUT2D eigenvalue weighted by Gasteiger charge is 2.45. The van der Waals surface area contributed by atoms with Crippen LogP contribution in [0.15, 0.2) is 20.1 Å². The summed E-state index contributed by atoms with van der Waals surface area (Å²) in [6, 6.07) is 1.76. The van der Waals surface area contributed by atoms with Crippen LogP contribution in [0.1, 0.15) is 32.1 Å². The van der Waals surface area contributed by atoms with Crippen molar-refractivity contribution in [3.05, 3.63) is 15.9 Å². The van der Waals surface area contributed by atoms with Gasteiger partial charge in [-0.1, -0.05) is 12.8 Å². The lowest BCUT2D eigenvalue weighted by molar-refractivity contribution is -0.0816. The molecule has 1 N–H and O–H groups in total. The topological polar surface area (TPSA) is 57.6 Å². The van der Waals surface area contributed by atoms with E-state index in [1.54, 1.807) is 15.8 Å². The van der Waals surface area contributed by atoms with Gasteiger partial charge in [-0.05, 0) is 46.6 Å². The van der Waals surface area contributed by atoms with Crippen molar-refractivity contribution < 1.29 is 13.5 Å². The molecule has 1 aliphatic carbocycles. The summed E-state index contributed by atoms with van der Waals surface area (Å²) in [4.78, 5) is 0. The predicted molar refractivity (Wildman–Crippen MR) is 82.3 cm³/mol. The monoisotopic (exact) mass is 379 g/mol. The molecule has 2 aliphatic rings. The molecule has 0 radical (unpaired) electrons. The molecular weight excluding hydrogens is 362 g/mol. The molecule has 1 aliphatic heterocycles. The van der Waals surface area contributed by atoms with Crippen LogP contribution in [0, 0.1) is 5.92 Å². The van der Waals surface area contributed by atoms with Gasteiger partial charge < -0.3 is 5.11 Å². The molecule has 20 heavy (non-hydrogen) atoms. The van der Waals surface area contributed by atoms with Crippen molar-refractivity contribution in [3.8, 4) is 0 Å². The third-order valence-corrected chi connectivity index (χ3v) is 9.06. The van der Waals surface area contributed by atoms with Crippen molar-refractivity contribution in [2.24, 2.45) is 5.92 Å². The van der Waals surface area contributed by atoms with E-state index in [-0.39, 0.29) is 5.92 Å². The predicted octanol–water partition coefficient (Wildman–Crippen LogP) is 2.83. The van der Waals surface area contributed by atoms with Gasteiger partial charge in [0.25, 0.3) is 10.0 Å². The second-order valence-corrected chi connectivity index (χ2v) is 9.62. The van der Waals surface area contributed by atoms with E-state index < -0.39 is 15.6 Å². The third-order valence-electron chi connectivity index (χ3n) is 4.55. The number of halogens is 1. The van der Waals surface area contributed by atoms with Gasteiger partial charge in [0.15, 0.2) is 0 Å². The van der Waals surface area contributed by atoms with Crippen LogP contribution in [-0.2, 0) is 10.0 Å². The zero-order chi connectivity index (χ0) is 14.4. The first-order valence-corrected chi connectivity index (χ1v) is 10.0. The molecule has 112 valence electrons. The summed E-state index contributed by atoms with van der Waals surface area (Å²) in [7, 11) is -3.43. The van der Waals surface area contributed by atoms with Gasteiger partial charge in [0.05, 0.1) is 5.60 Å². The van der Waals surface area contributed by atoms with Crippen LogP contribution in [0.4, 0.5) is 0 Å². The van der Waals surface area contributed by atoms with Crippen LogP contribution in [0.5, 0.6) is 0 Å². The number of nitrogens with zero attached hydrogens (tertiary/aromatic N) is 1. The summed E-state index contributed by atoms with van der Waals surface area (Å²) in [5, 5.41) is 12.4. The quantitative estimate of drug-likeness (QED) is 0.859. The van der Waals surface area contributed by atoms with Crippen LogP contribution in [0.3, 0.4) is 0 Å². The summed E-state index contributed by atoms with van der Waals surface area (Å²) < 4.78 is 27.9. The van der Waals surface area contributed by atoms with Crippen LogP contribution in [-0.4, -0.2) is 36.5 Å². The highest BCUT2D eigenvalue weighted by molar-refractivity contribution is 9.10. The Morgan fingerprint density at radius 2 is 2.20 bits per heavy atom. The standard InChI is InChI=1S/C13H18BrNO3S2/c14-11-4-8-19-12(11)20(17,18)15-7-6-13(16)5-2-1-3-10(13)9-15/h4,8,10,16H,1-3,5-7,9H2. The zero-order valence-electron chi connectivity index (χ0n) is 11.1. The molecule has 3 rings (SSSR count). The second kappa shape index (κ2) is 5.35. The van der Waals surface area contributed by atoms with E-state index in [4.69, 9.17) is 0 Å². The Balaban J connectivity index is 1.84. The normalized spacial score (nSPS) is 32.0. The Bertz CT molecular complexity index is 601. The van der Waals surface area contributed by atoms with Gasteiger partial charge in [-0.25, -0.2) is 8.42 Å². The summed E-state index contributed by atoms with van der Waals surface area (Å²) in [5.74, 6) is 0.0820. The van der Waals surface area contributed by atoms with Crippen LogP contribution in [0.25, 0.3) is 0 Å². The lowest BCUT2D eigenvalue weighted by Crippen LogP contribution is -2.54. The van der Waals surface area contributed by atoms with Gasteiger partial charge in [-0.15, -0.1) is 11.3 Å². The van der Waals surface area contributed by atoms with E-state index >= 15 is 0 Å². The lowest BCUT2D eigenvalue weighted by Gasteiger charge is -2.46. The van der Waals surface area contributed by atoms with Crippen LogP contribution >= 0.6 is 27.3 Å². The van der Waals surface area contributed by atoms with Crippen molar-refractivity contribution in [2.75, 3.05) is 13.1 Å². The SMILES string of the molecule is O=S(=O)(c1sccc1Br)N1CCC2(O)CCCCC2C1. The maximum absolute atomic E-state index is 12.7. The number of aliphatic hydroxyl groups is 1. The molecule has 1 saturated carbocycles. The maximum Gasteiger partial charge on any atom is 0.253 e. The van der Waals surface area contributed by atoms with E-state index in [0.717, 1.165) is 25.7 Å². The van der Waals surface area contributed by atoms with Gasteiger partial charge in [0.1, 0.15) is 4.21 Å². The number of hydrogen-bond acceptors (Lipinski definition) is 4. The Labute approximate surface area is 132 Å². The molecule has 0 amide bonds. The molecule has 0 spiro atoms. The molecule has 1 aromatic rings. The van der Waals surface area contributed by atoms with E-state index in [9.17, 15) is 13.5 Å². The van der Waals surface area contributed by atoms with Gasteiger partial charge in [-0.2, -0.15) is 4.31 Å². The molecule has 7 heteroatoms. The minimum absolute atomic E-state index is 0.0820. The van der Waals surface area contributed by atoms with Crippen LogP contribution in [0.2, 0.25) is 0 Å². The highest BCUT2D eigenvalue weighted by atomic mass is 79.9. The molecule has 2 heterocycles. The molecular formula is C13H18BrNO3S2. The van der Waals surface area contributed by atoms with Crippen molar-refractivity contribution in [1.82, 2.24) is 4.31 Å². The molecule has 0 aromatic carbocycles. The van der Waals surface area contributed by atoms with Crippen LogP contribution < -0.4 is 0 Å². The fourth-order valence-electron chi connectivity index (χ4n) is 3.34. The Kier molecular flexibility index (Phi) is 4.01. The zero-order valence-corrected chi connectivity index (χ0v) is 14.3. The number of hydrogen-bond donors (Lipinski definition) is 1. The number of thiophene rings is 1. The van der Waals surface area contributed by atoms with Gasteiger partial charge in [-0.3, -0.25) is 0 Å². The minimum Gasteiger partial charge on any atom is -0.390 e. The first-order chi connectivity index (χ1) is 9.43. The van der Waals surface area contributed by atoms with Crippen molar-refractivity contribution in [1.29, 1.82) is 0 Å². The summed E-state index contributed by atoms with van der Waals surface area (Å²) >= 11 is 4.54. The van der Waals surface area contributed by atoms with Gasteiger partial charge in [0.2, 0.25) is 0 Å². The molecule has 2 atom stereocenters. The van der Waals surface area contributed by atoms with Crippen molar-refractivity contribution in [2.45, 2.75) is 41.9 Å². The first kappa shape index (κ1) is 15.0. The molecule has 0 bridgehead atoms. The molecule has 1 aromatic heterocycles. The fourth-order valence-corrected chi connectivity index (χ4v) is 7.28. The fraction of sp³-hybridized carbons (Fsp3) is 0.692. The Morgan fingerprint density at radius 1 is 1.40 bits per heavy atom. The first-order valence-electron chi connectivity index (χ1n) is 6.89. The van der Waals surface area contributed by atoms with E-state index in [0.29, 0.717) is 28.2 Å². The summed E-state index contributed by atoms with van der Waals surface area (Å²) in [6.45, 7) is 0.864. The van der Waals surface area contributed by atoms with E-state index in [2.05, 4.69) is 15.9 Å². The Hall–Kier alpha value is 0.0500. The lowest BCUT2D eigenvalue weighted by atomic mass is 9.72. The Morgan fingerprint density at radius 3 is 2.90 bits per heavy atom. The smallest absolute Gasteiger partial charge is 0.253 e. The second-order valence-electron chi connectivity index (χ2n) is 5.72. The largest absolute Gasteiger partial charge is 0.390 e. The summed E-state index contributed by atoms with van der Waals surface area (Å²) in [6.07, 6.45) is 4.43. The van der Waals surface area contributed by atoms with Gasteiger partial charge >= 0.3 is 0 Å². The number of rotatable bonds is 2. The van der Waals surface area contributed by atoms with Gasteiger partial charge in [0, 0.05) is 23.5 Å². The molecule has 2 fully saturated rings. The molecule has 1 saturated heterocycles. The van der Waals surface area contributed by atoms with E-state index in [1.807, 2.05) is 0 Å². The highest BCUT2D eigenvalue weighted by Crippen LogP contribution is 2.42. The number of sulfonamides is 1. The van der Waals surface area contributed by atoms with Crippen molar-refractivity contribution >= 4 is 37.3 Å². The van der Waals surface area contributed by atoms with Crippen molar-refractivity contribution in [3.63, 3.8) is 0 Å². The molecule has 4 nitrogen and oxygen atoms in total. The average molecular weight is 380 g/mol. The molecule has 2 unspecified atom stereocenters. The minimum atomic E-state index is -3.43. The number of fused-ring (bicyclic) bond motifs is 1.